The maximum Gasteiger partial charge on any atom is 0.416 e. The normalized spacial score (nSPS) is 16.1. The molecule has 2 heterocycles. The number of likely N-dealkylation sites (tertiary alicyclic amines) is 1. The van der Waals surface area contributed by atoms with Crippen LogP contribution in [0.15, 0.2) is 30.6 Å². The lowest BCUT2D eigenvalue weighted by molar-refractivity contribution is -0.143. The summed E-state index contributed by atoms with van der Waals surface area (Å²) in [7, 11) is 1.61. The second-order valence-corrected chi connectivity index (χ2v) is 9.37. The molecule has 1 fully saturated rings. The number of nitrogens with zero attached hydrogens (tertiary/aromatic N) is 5. The summed E-state index contributed by atoms with van der Waals surface area (Å²) in [6, 6.07) is 1.03. The highest BCUT2D eigenvalue weighted by molar-refractivity contribution is 5.89. The molecule has 0 radical (unpaired) electrons. The minimum atomic E-state index is -5.02. The van der Waals surface area contributed by atoms with Gasteiger partial charge in [0.2, 0.25) is 5.91 Å². The predicted molar refractivity (Wildman–Crippen MR) is 126 cm³/mol. The van der Waals surface area contributed by atoms with Crippen molar-refractivity contribution in [3.8, 4) is 11.4 Å². The Morgan fingerprint density at radius 3 is 2.18 bits per heavy atom. The van der Waals surface area contributed by atoms with Crippen molar-refractivity contribution < 1.29 is 40.7 Å². The van der Waals surface area contributed by atoms with Gasteiger partial charge >= 0.3 is 12.4 Å². The number of hydrogen-bond acceptors (Lipinski definition) is 6. The van der Waals surface area contributed by atoms with Crippen molar-refractivity contribution in [2.45, 2.75) is 38.5 Å². The van der Waals surface area contributed by atoms with Gasteiger partial charge in [0.15, 0.2) is 5.82 Å². The van der Waals surface area contributed by atoms with E-state index in [0.29, 0.717) is 44.6 Å². The Balaban J connectivity index is 1.67. The Bertz CT molecular complexity index is 1200. The van der Waals surface area contributed by atoms with Crippen LogP contribution in [0.1, 0.15) is 37.3 Å². The molecule has 2 amide bonds. The second-order valence-electron chi connectivity index (χ2n) is 9.37. The maximum atomic E-state index is 13.1. The Labute approximate surface area is 219 Å². The number of halogens is 6. The predicted octanol–water partition coefficient (Wildman–Crippen LogP) is 3.63. The third-order valence-electron chi connectivity index (χ3n) is 6.39. The van der Waals surface area contributed by atoms with Gasteiger partial charge in [0, 0.05) is 57.9 Å². The number of carbonyl (C=O) groups is 3. The van der Waals surface area contributed by atoms with Gasteiger partial charge in [0.1, 0.15) is 12.6 Å². The van der Waals surface area contributed by atoms with Crippen molar-refractivity contribution in [2.24, 2.45) is 5.41 Å². The van der Waals surface area contributed by atoms with E-state index in [4.69, 9.17) is 0 Å². The number of aromatic nitrogens is 3. The second kappa shape index (κ2) is 11.6. The average molecular weight is 560 g/mol. The molecule has 0 saturated carbocycles. The average Bonchev–Trinajstić information content (AvgIpc) is 3.31. The zero-order valence-electron chi connectivity index (χ0n) is 21.0. The van der Waals surface area contributed by atoms with Gasteiger partial charge in [-0.1, -0.05) is 0 Å². The minimum Gasteiger partial charge on any atom is -0.343 e. The number of carbonyl (C=O) groups excluding carboxylic acids is 3. The van der Waals surface area contributed by atoms with Crippen molar-refractivity contribution in [3.63, 3.8) is 0 Å². The van der Waals surface area contributed by atoms with Crippen LogP contribution in [0.2, 0.25) is 0 Å². The first kappa shape index (κ1) is 29.8. The summed E-state index contributed by atoms with van der Waals surface area (Å²) in [5.41, 5.74) is -1.32. The summed E-state index contributed by atoms with van der Waals surface area (Å²) in [5, 5.41) is 5.36. The number of piperidine rings is 1. The van der Waals surface area contributed by atoms with Gasteiger partial charge in [-0.3, -0.25) is 15.0 Å². The van der Waals surface area contributed by atoms with Crippen LogP contribution in [0.25, 0.3) is 17.6 Å². The van der Waals surface area contributed by atoms with E-state index in [9.17, 15) is 40.7 Å². The standard InChI is InChI=1S/C24H26F6N6O3/c1-16(38)35-8-4-22(5-9-35,6-10-37)14-34(2)32-20(39)3-7-36-15-31-21(33-36)17-11-18(23(25,26)27)13-19(12-17)24(28,29)30/h3,7,10-13,15H,4-6,8-9,14H2,1-2H3,(H,32,39)/b7-3-. The third kappa shape index (κ3) is 7.88. The molecule has 1 N–H and O–H groups in total. The van der Waals surface area contributed by atoms with Crippen LogP contribution in [-0.2, 0) is 26.7 Å². The van der Waals surface area contributed by atoms with Gasteiger partial charge in [0.05, 0.1) is 11.1 Å². The first-order chi connectivity index (χ1) is 18.1. The quantitative estimate of drug-likeness (QED) is 0.229. The van der Waals surface area contributed by atoms with Crippen LogP contribution in [0.3, 0.4) is 0 Å². The Hall–Kier alpha value is -3.75. The molecule has 2 aromatic rings. The van der Waals surface area contributed by atoms with Crippen molar-refractivity contribution >= 4 is 24.3 Å². The van der Waals surface area contributed by atoms with E-state index < -0.39 is 46.2 Å². The first-order valence-corrected chi connectivity index (χ1v) is 11.7. The highest BCUT2D eigenvalue weighted by Gasteiger charge is 2.38. The largest absolute Gasteiger partial charge is 0.416 e. The summed E-state index contributed by atoms with van der Waals surface area (Å²) in [5.74, 6) is -1.05. The molecule has 1 aliphatic rings. The zero-order valence-corrected chi connectivity index (χ0v) is 21.0. The molecule has 0 bridgehead atoms. The summed E-state index contributed by atoms with van der Waals surface area (Å²) < 4.78 is 79.7. The Kier molecular flexibility index (Phi) is 8.83. The topological polar surface area (TPSA) is 100 Å². The molecule has 212 valence electrons. The molecule has 39 heavy (non-hydrogen) atoms. The molecule has 1 aromatic heterocycles. The van der Waals surface area contributed by atoms with Crippen LogP contribution >= 0.6 is 0 Å². The number of hydrogen-bond donors (Lipinski definition) is 1. The lowest BCUT2D eigenvalue weighted by Crippen LogP contribution is -2.50. The van der Waals surface area contributed by atoms with Crippen LogP contribution in [0.4, 0.5) is 26.3 Å². The molecule has 1 aliphatic heterocycles. The smallest absolute Gasteiger partial charge is 0.343 e. The van der Waals surface area contributed by atoms with E-state index in [-0.39, 0.29) is 18.4 Å². The van der Waals surface area contributed by atoms with E-state index in [1.165, 1.54) is 11.9 Å². The first-order valence-electron chi connectivity index (χ1n) is 11.7. The number of amides is 2. The molecule has 0 spiro atoms. The van der Waals surface area contributed by atoms with Crippen LogP contribution in [0.5, 0.6) is 0 Å². The van der Waals surface area contributed by atoms with Crippen molar-refractivity contribution in [1.82, 2.24) is 30.1 Å². The minimum absolute atomic E-state index is 0.00706. The van der Waals surface area contributed by atoms with E-state index in [2.05, 4.69) is 15.5 Å². The third-order valence-corrected chi connectivity index (χ3v) is 6.39. The molecule has 0 aliphatic carbocycles. The Morgan fingerprint density at radius 2 is 1.67 bits per heavy atom. The summed E-state index contributed by atoms with van der Waals surface area (Å²) in [6.45, 7) is 2.80. The number of aldehydes is 1. The van der Waals surface area contributed by atoms with Gasteiger partial charge in [-0.05, 0) is 36.5 Å². The zero-order chi connectivity index (χ0) is 29.0. The van der Waals surface area contributed by atoms with Gasteiger partial charge in [-0.2, -0.15) is 26.3 Å². The summed E-state index contributed by atoms with van der Waals surface area (Å²) >= 11 is 0. The number of alkyl halides is 6. The molecule has 9 nitrogen and oxygen atoms in total. The van der Waals surface area contributed by atoms with E-state index in [0.717, 1.165) is 29.6 Å². The lowest BCUT2D eigenvalue weighted by atomic mass is 9.75. The van der Waals surface area contributed by atoms with Gasteiger partial charge in [0.25, 0.3) is 5.91 Å². The fourth-order valence-corrected chi connectivity index (χ4v) is 4.37. The van der Waals surface area contributed by atoms with E-state index >= 15 is 0 Å². The van der Waals surface area contributed by atoms with Crippen molar-refractivity contribution in [2.75, 3.05) is 26.7 Å². The SMILES string of the molecule is CC(=O)N1CCC(CC=O)(CN(C)NC(=O)/C=C\n2cnc(-c3cc(C(F)(F)F)cc(C(F)(F)F)c3)n2)CC1. The molecule has 0 unspecified atom stereocenters. The van der Waals surface area contributed by atoms with Crippen LogP contribution in [0, 0.1) is 5.41 Å². The molecule has 3 rings (SSSR count). The molecular weight excluding hydrogens is 534 g/mol. The van der Waals surface area contributed by atoms with Gasteiger partial charge in [-0.15, -0.1) is 5.10 Å². The fraction of sp³-hybridized carbons (Fsp3) is 0.458. The highest BCUT2D eigenvalue weighted by Crippen LogP contribution is 2.38. The van der Waals surface area contributed by atoms with E-state index in [1.807, 2.05) is 0 Å². The lowest BCUT2D eigenvalue weighted by Gasteiger charge is -2.42. The van der Waals surface area contributed by atoms with E-state index in [1.54, 1.807) is 11.9 Å². The molecule has 15 heteroatoms. The monoisotopic (exact) mass is 560 g/mol. The molecular formula is C24H26F6N6O3. The molecule has 1 saturated heterocycles. The van der Waals surface area contributed by atoms with Crippen LogP contribution < -0.4 is 5.43 Å². The van der Waals surface area contributed by atoms with Crippen LogP contribution in [-0.4, -0.2) is 69.5 Å². The summed E-state index contributed by atoms with van der Waals surface area (Å²) in [4.78, 5) is 40.7. The fourth-order valence-electron chi connectivity index (χ4n) is 4.37. The van der Waals surface area contributed by atoms with Gasteiger partial charge in [-0.25, -0.2) is 14.7 Å². The maximum absolute atomic E-state index is 13.1. The number of hydrazine groups is 1. The number of rotatable bonds is 8. The molecule has 0 atom stereocenters. The Morgan fingerprint density at radius 1 is 1.08 bits per heavy atom. The summed E-state index contributed by atoms with van der Waals surface area (Å²) in [6.07, 6.45) is -4.61. The van der Waals surface area contributed by atoms with Crippen molar-refractivity contribution in [3.05, 3.63) is 41.7 Å². The van der Waals surface area contributed by atoms with Crippen molar-refractivity contribution in [1.29, 1.82) is 0 Å². The number of benzene rings is 1. The highest BCUT2D eigenvalue weighted by atomic mass is 19.4. The van der Waals surface area contributed by atoms with Gasteiger partial charge < -0.3 is 9.69 Å². The number of nitrogens with one attached hydrogen (secondary N) is 1. The molecule has 1 aromatic carbocycles.